The molecule has 0 saturated heterocycles. The predicted octanol–water partition coefficient (Wildman–Crippen LogP) is 2.44. The summed E-state index contributed by atoms with van der Waals surface area (Å²) in [7, 11) is 2.79. The third-order valence-electron chi connectivity index (χ3n) is 5.37. The summed E-state index contributed by atoms with van der Waals surface area (Å²) in [6.45, 7) is 0.343. The van der Waals surface area contributed by atoms with Crippen LogP contribution in [0.4, 0.5) is 10.5 Å². The van der Waals surface area contributed by atoms with Crippen LogP contribution in [-0.2, 0) is 17.7 Å². The van der Waals surface area contributed by atoms with E-state index in [1.807, 2.05) is 24.3 Å². The number of amides is 2. The number of methoxy groups -OCH3 is 2. The third-order valence-corrected chi connectivity index (χ3v) is 5.37. The minimum absolute atomic E-state index is 0.0705. The van der Waals surface area contributed by atoms with Gasteiger partial charge in [-0.05, 0) is 23.6 Å². The van der Waals surface area contributed by atoms with Crippen molar-refractivity contribution in [3.8, 4) is 11.5 Å². The quantitative estimate of drug-likeness (QED) is 0.825. The highest BCUT2D eigenvalue weighted by molar-refractivity contribution is 6.05. The normalized spacial score (nSPS) is 20.7. The molecule has 8 heteroatoms. The van der Waals surface area contributed by atoms with E-state index in [1.54, 1.807) is 4.90 Å². The summed E-state index contributed by atoms with van der Waals surface area (Å²) in [5.41, 5.74) is 2.27. The van der Waals surface area contributed by atoms with Crippen LogP contribution in [0.1, 0.15) is 21.5 Å². The Bertz CT molecular complexity index is 960. The Morgan fingerprint density at radius 1 is 1.18 bits per heavy atom. The van der Waals surface area contributed by atoms with Crippen LogP contribution in [0.3, 0.4) is 0 Å². The lowest BCUT2D eigenvalue weighted by molar-refractivity contribution is 0.00998. The van der Waals surface area contributed by atoms with Crippen molar-refractivity contribution in [1.82, 2.24) is 4.90 Å². The first-order valence-corrected chi connectivity index (χ1v) is 8.80. The van der Waals surface area contributed by atoms with Gasteiger partial charge in [-0.25, -0.2) is 9.69 Å². The summed E-state index contributed by atoms with van der Waals surface area (Å²) < 4.78 is 10.7. The number of hydrogen-bond donors (Lipinski definition) is 2. The molecule has 2 aromatic carbocycles. The van der Waals surface area contributed by atoms with Crippen LogP contribution in [-0.4, -0.2) is 53.6 Å². The fourth-order valence-electron chi connectivity index (χ4n) is 4.05. The first-order chi connectivity index (χ1) is 13.5. The fraction of sp³-hybridized carbons (Fsp3) is 0.300. The van der Waals surface area contributed by atoms with E-state index in [2.05, 4.69) is 0 Å². The Morgan fingerprint density at radius 3 is 2.54 bits per heavy atom. The second kappa shape index (κ2) is 6.72. The Kier molecular flexibility index (Phi) is 4.35. The van der Waals surface area contributed by atoms with Gasteiger partial charge in [-0.1, -0.05) is 24.3 Å². The van der Waals surface area contributed by atoms with E-state index in [4.69, 9.17) is 9.47 Å². The predicted molar refractivity (Wildman–Crippen MR) is 99.8 cm³/mol. The number of hydrogen-bond acceptors (Lipinski definition) is 5. The van der Waals surface area contributed by atoms with Crippen molar-refractivity contribution in [2.75, 3.05) is 19.1 Å². The lowest BCUT2D eigenvalue weighted by atomic mass is 9.92. The van der Waals surface area contributed by atoms with Crippen molar-refractivity contribution in [3.63, 3.8) is 0 Å². The van der Waals surface area contributed by atoms with E-state index < -0.39 is 18.4 Å². The van der Waals surface area contributed by atoms with E-state index >= 15 is 0 Å². The van der Waals surface area contributed by atoms with E-state index in [0.717, 1.165) is 16.0 Å². The molecule has 4 rings (SSSR count). The van der Waals surface area contributed by atoms with Gasteiger partial charge in [0.1, 0.15) is 0 Å². The number of carbonyl (C=O) groups is 2. The van der Waals surface area contributed by atoms with Crippen molar-refractivity contribution < 1.29 is 29.3 Å². The zero-order valence-electron chi connectivity index (χ0n) is 15.5. The van der Waals surface area contributed by atoms with Crippen LogP contribution in [0.5, 0.6) is 11.5 Å². The van der Waals surface area contributed by atoms with Gasteiger partial charge in [0.2, 0.25) is 0 Å². The van der Waals surface area contributed by atoms with Gasteiger partial charge in [0.15, 0.2) is 17.7 Å². The molecule has 0 saturated carbocycles. The van der Waals surface area contributed by atoms with Gasteiger partial charge < -0.3 is 24.6 Å². The second-order valence-corrected chi connectivity index (χ2v) is 6.79. The molecule has 0 fully saturated rings. The highest BCUT2D eigenvalue weighted by Crippen LogP contribution is 2.41. The van der Waals surface area contributed by atoms with Crippen LogP contribution < -0.4 is 9.64 Å². The minimum atomic E-state index is -1.27. The van der Waals surface area contributed by atoms with Crippen LogP contribution in [0.25, 0.3) is 0 Å². The number of benzene rings is 2. The lowest BCUT2D eigenvalue weighted by Gasteiger charge is -2.40. The van der Waals surface area contributed by atoms with Gasteiger partial charge in [0.05, 0.1) is 24.4 Å². The van der Waals surface area contributed by atoms with Crippen LogP contribution in [0, 0.1) is 0 Å². The summed E-state index contributed by atoms with van der Waals surface area (Å²) in [6.07, 6.45) is -1.74. The lowest BCUT2D eigenvalue weighted by Crippen LogP contribution is -2.56. The van der Waals surface area contributed by atoms with Crippen molar-refractivity contribution in [2.24, 2.45) is 0 Å². The Balaban J connectivity index is 1.93. The molecule has 2 heterocycles. The Labute approximate surface area is 161 Å². The molecule has 0 aromatic heterocycles. The summed E-state index contributed by atoms with van der Waals surface area (Å²) >= 11 is 0. The molecule has 28 heavy (non-hydrogen) atoms. The molecule has 1 unspecified atom stereocenters. The largest absolute Gasteiger partial charge is 0.504 e. The van der Waals surface area contributed by atoms with Gasteiger partial charge >= 0.3 is 6.09 Å². The van der Waals surface area contributed by atoms with Crippen LogP contribution >= 0.6 is 0 Å². The Hall–Kier alpha value is -3.26. The molecule has 0 bridgehead atoms. The van der Waals surface area contributed by atoms with Gasteiger partial charge in [-0.2, -0.15) is 0 Å². The number of carbonyl (C=O) groups excluding carboxylic acids is 1. The number of fused-ring (bicyclic) bond motifs is 3. The average molecular weight is 384 g/mol. The summed E-state index contributed by atoms with van der Waals surface area (Å²) in [4.78, 5) is 28.2. The van der Waals surface area contributed by atoms with Crippen molar-refractivity contribution >= 4 is 17.7 Å². The molecular weight excluding hydrogens is 364 g/mol. The zero-order chi connectivity index (χ0) is 20.0. The first kappa shape index (κ1) is 18.1. The number of carboxylic acid groups (broad SMARTS) is 1. The fourth-order valence-corrected chi connectivity index (χ4v) is 4.05. The number of aromatic hydroxyl groups is 1. The average Bonchev–Trinajstić information content (AvgIpc) is 2.78. The number of ether oxygens (including phenoxy) is 2. The van der Waals surface area contributed by atoms with E-state index in [9.17, 15) is 19.8 Å². The molecule has 2 aliphatic rings. The van der Waals surface area contributed by atoms with E-state index in [1.165, 1.54) is 26.4 Å². The number of rotatable bonds is 2. The number of nitrogens with zero attached hydrogens (tertiary/aromatic N) is 2. The second-order valence-electron chi connectivity index (χ2n) is 6.79. The van der Waals surface area contributed by atoms with Crippen molar-refractivity contribution in [1.29, 1.82) is 0 Å². The maximum atomic E-state index is 13.4. The number of phenols is 1. The maximum Gasteiger partial charge on any atom is 0.414 e. The van der Waals surface area contributed by atoms with Crippen molar-refractivity contribution in [3.05, 3.63) is 53.1 Å². The highest BCUT2D eigenvalue weighted by Gasteiger charge is 2.45. The molecule has 8 nitrogen and oxygen atoms in total. The van der Waals surface area contributed by atoms with Crippen LogP contribution in [0.15, 0.2) is 36.4 Å². The van der Waals surface area contributed by atoms with Gasteiger partial charge in [0.25, 0.3) is 5.91 Å². The van der Waals surface area contributed by atoms with Gasteiger partial charge in [-0.3, -0.25) is 4.79 Å². The topological polar surface area (TPSA) is 99.5 Å². The number of anilines is 1. The SMILES string of the molecule is COc1cc2c(cc1O)N(C(=O)O)C(OC)[C@@H]1Cc3ccccc3CN1C2=O. The molecule has 2 amide bonds. The molecule has 2 aromatic rings. The first-order valence-electron chi connectivity index (χ1n) is 8.80. The molecule has 2 aliphatic heterocycles. The summed E-state index contributed by atoms with van der Waals surface area (Å²) in [5, 5.41) is 20.1. The molecular formula is C20H20N2O6. The van der Waals surface area contributed by atoms with Gasteiger partial charge in [0, 0.05) is 19.7 Å². The molecule has 0 aliphatic carbocycles. The maximum absolute atomic E-state index is 13.4. The molecule has 146 valence electrons. The monoisotopic (exact) mass is 384 g/mol. The third kappa shape index (κ3) is 2.65. The highest BCUT2D eigenvalue weighted by atomic mass is 16.5. The van der Waals surface area contributed by atoms with Crippen molar-refractivity contribution in [2.45, 2.75) is 25.2 Å². The van der Waals surface area contributed by atoms with E-state index in [-0.39, 0.29) is 28.7 Å². The summed E-state index contributed by atoms with van der Waals surface area (Å²) in [5.74, 6) is -0.487. The van der Waals surface area contributed by atoms with E-state index in [0.29, 0.717) is 13.0 Å². The minimum Gasteiger partial charge on any atom is -0.504 e. The molecule has 2 N–H and O–H groups in total. The Morgan fingerprint density at radius 2 is 1.89 bits per heavy atom. The molecule has 0 radical (unpaired) electrons. The molecule has 0 spiro atoms. The zero-order valence-corrected chi connectivity index (χ0v) is 15.5. The molecule has 2 atom stereocenters. The van der Waals surface area contributed by atoms with Gasteiger partial charge in [-0.15, -0.1) is 0 Å². The number of phenolic OH excluding ortho intramolecular Hbond substituents is 1. The standard InChI is InChI=1S/C20H20N2O6/c1-27-17-8-13-14(9-16(17)23)22(20(25)26)19(28-2)15-7-11-5-3-4-6-12(11)10-21(15)18(13)24/h3-6,8-9,15,19,23H,7,10H2,1-2H3,(H,25,26)/t15-,19?/m0/s1. The summed E-state index contributed by atoms with van der Waals surface area (Å²) in [6, 6.07) is 9.86. The van der Waals surface area contributed by atoms with Crippen LogP contribution in [0.2, 0.25) is 0 Å². The smallest absolute Gasteiger partial charge is 0.414 e.